The van der Waals surface area contributed by atoms with Gasteiger partial charge in [-0.25, -0.2) is 0 Å². The Kier molecular flexibility index (Phi) is 6.05. The van der Waals surface area contributed by atoms with Crippen molar-refractivity contribution in [2.45, 2.75) is 71.6 Å². The molecule has 0 radical (unpaired) electrons. The Morgan fingerprint density at radius 3 is 2.35 bits per heavy atom. The number of rotatable bonds is 7. The van der Waals surface area contributed by atoms with Crippen LogP contribution < -0.4 is 5.73 Å². The number of hydrogen-bond donors (Lipinski definition) is 1. The summed E-state index contributed by atoms with van der Waals surface area (Å²) in [6.45, 7) is 6.25. The fraction of sp³-hybridized carbons (Fsp3) is 0.786. The zero-order valence-corrected chi connectivity index (χ0v) is 12.4. The maximum Gasteiger partial charge on any atom is 0.389 e. The number of aromatic nitrogens is 2. The number of hydrogen-bond acceptors (Lipinski definition) is 2. The monoisotopic (exact) mass is 291 g/mol. The topological polar surface area (TPSA) is 43.8 Å². The minimum absolute atomic E-state index is 0.0263. The van der Waals surface area contributed by atoms with Crippen LogP contribution in [-0.2, 0) is 25.8 Å². The van der Waals surface area contributed by atoms with Crippen molar-refractivity contribution in [3.63, 3.8) is 0 Å². The lowest BCUT2D eigenvalue weighted by Crippen LogP contribution is -2.19. The molecule has 1 unspecified atom stereocenters. The number of alkyl halides is 3. The SMILES string of the molecule is CCc1nn(CCCC(F)(F)F)c(CC)c1CC(C)N. The van der Waals surface area contributed by atoms with E-state index in [4.69, 9.17) is 5.73 Å². The number of aryl methyl sites for hydroxylation is 2. The zero-order valence-electron chi connectivity index (χ0n) is 12.4. The quantitative estimate of drug-likeness (QED) is 0.838. The van der Waals surface area contributed by atoms with E-state index < -0.39 is 12.6 Å². The fourth-order valence-corrected chi connectivity index (χ4v) is 2.44. The summed E-state index contributed by atoms with van der Waals surface area (Å²) in [5.74, 6) is 0. The molecule has 1 heterocycles. The summed E-state index contributed by atoms with van der Waals surface area (Å²) < 4.78 is 38.4. The largest absolute Gasteiger partial charge is 0.389 e. The Morgan fingerprint density at radius 2 is 1.90 bits per heavy atom. The molecule has 1 rings (SSSR count). The third kappa shape index (κ3) is 4.81. The highest BCUT2D eigenvalue weighted by molar-refractivity contribution is 5.27. The Balaban J connectivity index is 2.87. The number of halogens is 3. The Morgan fingerprint density at radius 1 is 1.25 bits per heavy atom. The van der Waals surface area contributed by atoms with E-state index in [1.54, 1.807) is 4.68 Å². The van der Waals surface area contributed by atoms with Crippen LogP contribution in [0.4, 0.5) is 13.2 Å². The number of nitrogens with two attached hydrogens (primary N) is 1. The molecule has 0 saturated heterocycles. The van der Waals surface area contributed by atoms with Crippen molar-refractivity contribution in [3.05, 3.63) is 17.0 Å². The highest BCUT2D eigenvalue weighted by atomic mass is 19.4. The van der Waals surface area contributed by atoms with Gasteiger partial charge in [0.05, 0.1) is 5.69 Å². The van der Waals surface area contributed by atoms with Crippen molar-refractivity contribution >= 4 is 0 Å². The smallest absolute Gasteiger partial charge is 0.328 e. The van der Waals surface area contributed by atoms with Gasteiger partial charge in [0.15, 0.2) is 0 Å². The van der Waals surface area contributed by atoms with Crippen molar-refractivity contribution in [2.75, 3.05) is 0 Å². The second kappa shape index (κ2) is 7.11. The average molecular weight is 291 g/mol. The van der Waals surface area contributed by atoms with Crippen LogP contribution in [0.2, 0.25) is 0 Å². The molecule has 20 heavy (non-hydrogen) atoms. The van der Waals surface area contributed by atoms with Crippen LogP contribution in [0.25, 0.3) is 0 Å². The van der Waals surface area contributed by atoms with Crippen LogP contribution >= 0.6 is 0 Å². The zero-order chi connectivity index (χ0) is 15.3. The second-order valence-electron chi connectivity index (χ2n) is 5.20. The molecule has 0 aliphatic carbocycles. The van der Waals surface area contributed by atoms with Crippen molar-refractivity contribution < 1.29 is 13.2 Å². The molecule has 0 aromatic carbocycles. The molecule has 0 saturated carbocycles. The van der Waals surface area contributed by atoms with E-state index in [0.717, 1.165) is 36.2 Å². The standard InChI is InChI=1S/C14H24F3N3/c1-4-12-11(9-10(3)18)13(5-2)20(19-12)8-6-7-14(15,16)17/h10H,4-9,18H2,1-3H3. The first-order chi connectivity index (χ1) is 9.28. The maximum atomic E-state index is 12.2. The van der Waals surface area contributed by atoms with Crippen molar-refractivity contribution in [1.82, 2.24) is 9.78 Å². The summed E-state index contributed by atoms with van der Waals surface area (Å²) in [6, 6.07) is 0.0263. The first kappa shape index (κ1) is 17.0. The minimum atomic E-state index is -4.10. The van der Waals surface area contributed by atoms with Crippen molar-refractivity contribution in [1.29, 1.82) is 0 Å². The maximum absolute atomic E-state index is 12.2. The van der Waals surface area contributed by atoms with Gasteiger partial charge in [0.2, 0.25) is 0 Å². The molecule has 0 aliphatic rings. The predicted molar refractivity (Wildman–Crippen MR) is 73.6 cm³/mol. The molecule has 0 fully saturated rings. The van der Waals surface area contributed by atoms with Gasteiger partial charge < -0.3 is 5.73 Å². The van der Waals surface area contributed by atoms with Gasteiger partial charge in [-0.15, -0.1) is 0 Å². The van der Waals surface area contributed by atoms with Crippen molar-refractivity contribution in [3.8, 4) is 0 Å². The van der Waals surface area contributed by atoms with Gasteiger partial charge in [-0.05, 0) is 38.2 Å². The molecule has 0 bridgehead atoms. The molecular formula is C14H24F3N3. The summed E-state index contributed by atoms with van der Waals surface area (Å²) in [7, 11) is 0. The van der Waals surface area contributed by atoms with Gasteiger partial charge in [-0.3, -0.25) is 4.68 Å². The van der Waals surface area contributed by atoms with E-state index in [9.17, 15) is 13.2 Å². The lowest BCUT2D eigenvalue weighted by atomic mass is 10.0. The van der Waals surface area contributed by atoms with Crippen LogP contribution in [0.3, 0.4) is 0 Å². The molecular weight excluding hydrogens is 267 g/mol. The molecule has 3 nitrogen and oxygen atoms in total. The number of nitrogens with zero attached hydrogens (tertiary/aromatic N) is 2. The van der Waals surface area contributed by atoms with Gasteiger partial charge in [0.1, 0.15) is 0 Å². The fourth-order valence-electron chi connectivity index (χ4n) is 2.44. The van der Waals surface area contributed by atoms with Crippen molar-refractivity contribution in [2.24, 2.45) is 5.73 Å². The molecule has 1 aromatic rings. The van der Waals surface area contributed by atoms with E-state index in [-0.39, 0.29) is 12.5 Å². The van der Waals surface area contributed by atoms with Crippen LogP contribution in [0, 0.1) is 0 Å². The predicted octanol–water partition coefficient (Wildman–Crippen LogP) is 3.24. The van der Waals surface area contributed by atoms with E-state index in [0.29, 0.717) is 6.54 Å². The summed E-state index contributed by atoms with van der Waals surface area (Å²) in [6.07, 6.45) is -2.52. The van der Waals surface area contributed by atoms with E-state index in [1.807, 2.05) is 20.8 Å². The molecule has 1 aromatic heterocycles. The third-order valence-electron chi connectivity index (χ3n) is 3.28. The van der Waals surface area contributed by atoms with Gasteiger partial charge in [0, 0.05) is 24.7 Å². The summed E-state index contributed by atoms with van der Waals surface area (Å²) in [5, 5.41) is 4.47. The summed E-state index contributed by atoms with van der Waals surface area (Å²) in [4.78, 5) is 0. The highest BCUT2D eigenvalue weighted by Gasteiger charge is 2.26. The Labute approximate surface area is 118 Å². The minimum Gasteiger partial charge on any atom is -0.328 e. The van der Waals surface area contributed by atoms with Crippen LogP contribution in [0.15, 0.2) is 0 Å². The first-order valence-electron chi connectivity index (χ1n) is 7.18. The van der Waals surface area contributed by atoms with E-state index >= 15 is 0 Å². The normalized spacial score (nSPS) is 13.8. The molecule has 0 spiro atoms. The molecule has 116 valence electrons. The summed E-state index contributed by atoms with van der Waals surface area (Å²) in [5.41, 5.74) is 8.97. The molecule has 1 atom stereocenters. The van der Waals surface area contributed by atoms with E-state index in [2.05, 4.69) is 5.10 Å². The van der Waals surface area contributed by atoms with Crippen LogP contribution in [0.1, 0.15) is 50.6 Å². The van der Waals surface area contributed by atoms with E-state index in [1.165, 1.54) is 0 Å². The lowest BCUT2D eigenvalue weighted by molar-refractivity contribution is -0.136. The van der Waals surface area contributed by atoms with Gasteiger partial charge >= 0.3 is 6.18 Å². The second-order valence-corrected chi connectivity index (χ2v) is 5.20. The van der Waals surface area contributed by atoms with Gasteiger partial charge in [-0.1, -0.05) is 13.8 Å². The average Bonchev–Trinajstić information content (AvgIpc) is 2.64. The van der Waals surface area contributed by atoms with Gasteiger partial charge in [-0.2, -0.15) is 18.3 Å². The van der Waals surface area contributed by atoms with Crippen LogP contribution in [0.5, 0.6) is 0 Å². The van der Waals surface area contributed by atoms with Gasteiger partial charge in [0.25, 0.3) is 0 Å². The first-order valence-corrected chi connectivity index (χ1v) is 7.18. The Hall–Kier alpha value is -1.04. The highest BCUT2D eigenvalue weighted by Crippen LogP contribution is 2.23. The van der Waals surface area contributed by atoms with Crippen LogP contribution in [-0.4, -0.2) is 22.0 Å². The molecule has 0 aliphatic heterocycles. The Bertz CT molecular complexity index is 422. The molecule has 2 N–H and O–H groups in total. The summed E-state index contributed by atoms with van der Waals surface area (Å²) >= 11 is 0. The lowest BCUT2D eigenvalue weighted by Gasteiger charge is -2.10. The third-order valence-corrected chi connectivity index (χ3v) is 3.28. The molecule has 6 heteroatoms. The molecule has 0 amide bonds.